The minimum atomic E-state index is -0.420. The smallest absolute Gasteiger partial charge is 0.342 e. The van der Waals surface area contributed by atoms with E-state index in [0.717, 1.165) is 0 Å². The molecule has 1 rings (SSSR count). The maximum Gasteiger partial charge on any atom is 0.342 e. The molecule has 1 amide bonds. The molecule has 1 aromatic rings. The highest BCUT2D eigenvalue weighted by Gasteiger charge is 2.19. The number of aryl methyl sites for hydroxylation is 1. The topological polar surface area (TPSA) is 71.2 Å². The predicted octanol–water partition coefficient (Wildman–Crippen LogP) is 2.48. The average Bonchev–Trinajstić information content (AvgIpc) is 2.58. The number of carbonyl (C=O) groups excluding carboxylic acids is 2. The Morgan fingerprint density at radius 3 is 2.67 bits per heavy atom. The standard InChI is InChI=1S/C13H20N2O3/c1-5-18-13(17)12-9(4)14-7-10(12)15-11(16)6-8(2)3/h7-8,14H,5-6H2,1-4H3,(H,15,16). The first kappa shape index (κ1) is 14.3. The number of aromatic nitrogens is 1. The van der Waals surface area contributed by atoms with Crippen LogP contribution in [-0.2, 0) is 9.53 Å². The largest absolute Gasteiger partial charge is 0.462 e. The first-order valence-electron chi connectivity index (χ1n) is 6.10. The van der Waals surface area contributed by atoms with E-state index in [1.54, 1.807) is 20.0 Å². The van der Waals surface area contributed by atoms with Crippen LogP contribution in [0.2, 0.25) is 0 Å². The van der Waals surface area contributed by atoms with Crippen LogP contribution < -0.4 is 5.32 Å². The zero-order valence-corrected chi connectivity index (χ0v) is 11.3. The molecule has 5 heteroatoms. The lowest BCUT2D eigenvalue weighted by molar-refractivity contribution is -0.116. The minimum Gasteiger partial charge on any atom is -0.462 e. The Bertz CT molecular complexity index is 435. The van der Waals surface area contributed by atoms with Gasteiger partial charge in [0, 0.05) is 18.3 Å². The van der Waals surface area contributed by atoms with E-state index in [0.29, 0.717) is 30.0 Å². The fraction of sp³-hybridized carbons (Fsp3) is 0.538. The molecule has 5 nitrogen and oxygen atoms in total. The molecule has 0 aliphatic carbocycles. The summed E-state index contributed by atoms with van der Waals surface area (Å²) in [4.78, 5) is 26.4. The quantitative estimate of drug-likeness (QED) is 0.791. The number of ether oxygens (including phenoxy) is 1. The zero-order valence-electron chi connectivity index (χ0n) is 11.3. The maximum atomic E-state index is 11.8. The monoisotopic (exact) mass is 252 g/mol. The van der Waals surface area contributed by atoms with Crippen LogP contribution in [0.3, 0.4) is 0 Å². The van der Waals surface area contributed by atoms with Crippen molar-refractivity contribution < 1.29 is 14.3 Å². The first-order valence-corrected chi connectivity index (χ1v) is 6.10. The van der Waals surface area contributed by atoms with Crippen molar-refractivity contribution in [3.8, 4) is 0 Å². The average molecular weight is 252 g/mol. The van der Waals surface area contributed by atoms with E-state index in [9.17, 15) is 9.59 Å². The molecule has 2 N–H and O–H groups in total. The minimum absolute atomic E-state index is 0.102. The van der Waals surface area contributed by atoms with Gasteiger partial charge in [0.1, 0.15) is 5.56 Å². The van der Waals surface area contributed by atoms with Crippen molar-refractivity contribution in [2.75, 3.05) is 11.9 Å². The van der Waals surface area contributed by atoms with Gasteiger partial charge in [0.15, 0.2) is 0 Å². The Kier molecular flexibility index (Phi) is 4.95. The van der Waals surface area contributed by atoms with E-state index in [4.69, 9.17) is 4.74 Å². The van der Waals surface area contributed by atoms with Crippen molar-refractivity contribution in [3.63, 3.8) is 0 Å². The lowest BCUT2D eigenvalue weighted by Gasteiger charge is -2.08. The summed E-state index contributed by atoms with van der Waals surface area (Å²) in [6.45, 7) is 7.76. The van der Waals surface area contributed by atoms with Crippen LogP contribution in [-0.4, -0.2) is 23.5 Å². The van der Waals surface area contributed by atoms with Crippen LogP contribution in [0.4, 0.5) is 5.69 Å². The summed E-state index contributed by atoms with van der Waals surface area (Å²) in [5.74, 6) is -0.248. The molecule has 1 aromatic heterocycles. The molecule has 18 heavy (non-hydrogen) atoms. The molecule has 0 radical (unpaired) electrons. The summed E-state index contributed by atoms with van der Waals surface area (Å²) in [6.07, 6.45) is 2.03. The van der Waals surface area contributed by atoms with E-state index in [1.807, 2.05) is 13.8 Å². The number of carbonyl (C=O) groups is 2. The van der Waals surface area contributed by atoms with Gasteiger partial charge in [-0.3, -0.25) is 4.79 Å². The second-order valence-electron chi connectivity index (χ2n) is 4.57. The fourth-order valence-electron chi connectivity index (χ4n) is 1.66. The zero-order chi connectivity index (χ0) is 13.7. The van der Waals surface area contributed by atoms with Crippen molar-refractivity contribution in [1.29, 1.82) is 0 Å². The molecule has 0 atom stereocenters. The number of aromatic amines is 1. The van der Waals surface area contributed by atoms with Crippen LogP contribution >= 0.6 is 0 Å². The van der Waals surface area contributed by atoms with Crippen molar-refractivity contribution in [2.24, 2.45) is 5.92 Å². The summed E-state index contributed by atoms with van der Waals surface area (Å²) in [6, 6.07) is 0. The van der Waals surface area contributed by atoms with Crippen LogP contribution in [0.5, 0.6) is 0 Å². The molecular formula is C13H20N2O3. The van der Waals surface area contributed by atoms with Gasteiger partial charge < -0.3 is 15.0 Å². The fourth-order valence-corrected chi connectivity index (χ4v) is 1.66. The molecule has 0 aromatic carbocycles. The Morgan fingerprint density at radius 1 is 1.44 bits per heavy atom. The number of H-pyrrole nitrogens is 1. The second kappa shape index (κ2) is 6.23. The normalized spacial score (nSPS) is 10.5. The lowest BCUT2D eigenvalue weighted by atomic mass is 10.1. The van der Waals surface area contributed by atoms with Gasteiger partial charge >= 0.3 is 5.97 Å². The predicted molar refractivity (Wildman–Crippen MR) is 69.6 cm³/mol. The third-order valence-electron chi connectivity index (χ3n) is 2.42. The number of rotatable bonds is 5. The number of amides is 1. The number of hydrogen-bond donors (Lipinski definition) is 2. The van der Waals surface area contributed by atoms with E-state index in [-0.39, 0.29) is 11.8 Å². The molecule has 100 valence electrons. The SMILES string of the molecule is CCOC(=O)c1c(NC(=O)CC(C)C)c[nH]c1C. The highest BCUT2D eigenvalue weighted by molar-refractivity contribution is 6.02. The van der Waals surface area contributed by atoms with E-state index < -0.39 is 5.97 Å². The van der Waals surface area contributed by atoms with Crippen molar-refractivity contribution in [3.05, 3.63) is 17.5 Å². The summed E-state index contributed by atoms with van der Waals surface area (Å²) >= 11 is 0. The molecular weight excluding hydrogens is 232 g/mol. The number of esters is 1. The van der Waals surface area contributed by atoms with Gasteiger partial charge in [-0.1, -0.05) is 13.8 Å². The first-order chi connectivity index (χ1) is 8.45. The lowest BCUT2D eigenvalue weighted by Crippen LogP contribution is -2.16. The highest BCUT2D eigenvalue weighted by Crippen LogP contribution is 2.20. The Balaban J connectivity index is 2.83. The van der Waals surface area contributed by atoms with Gasteiger partial charge in [-0.2, -0.15) is 0 Å². The Morgan fingerprint density at radius 2 is 2.11 bits per heavy atom. The summed E-state index contributed by atoms with van der Waals surface area (Å²) < 4.78 is 4.96. The molecule has 0 aliphatic rings. The molecule has 1 heterocycles. The Hall–Kier alpha value is -1.78. The van der Waals surface area contributed by atoms with Crippen molar-refractivity contribution in [1.82, 2.24) is 4.98 Å². The number of hydrogen-bond acceptors (Lipinski definition) is 3. The van der Waals surface area contributed by atoms with Gasteiger partial charge in [-0.15, -0.1) is 0 Å². The van der Waals surface area contributed by atoms with Crippen LogP contribution in [0.1, 0.15) is 43.2 Å². The van der Waals surface area contributed by atoms with Gasteiger partial charge in [0.05, 0.1) is 12.3 Å². The van der Waals surface area contributed by atoms with Crippen LogP contribution in [0, 0.1) is 12.8 Å². The van der Waals surface area contributed by atoms with Gasteiger partial charge in [0.2, 0.25) is 5.91 Å². The maximum absolute atomic E-state index is 11.8. The number of anilines is 1. The third-order valence-corrected chi connectivity index (χ3v) is 2.42. The second-order valence-corrected chi connectivity index (χ2v) is 4.57. The molecule has 0 saturated heterocycles. The van der Waals surface area contributed by atoms with Gasteiger partial charge in [-0.25, -0.2) is 4.79 Å². The summed E-state index contributed by atoms with van der Waals surface area (Å²) in [7, 11) is 0. The van der Waals surface area contributed by atoms with E-state index in [1.165, 1.54) is 0 Å². The third kappa shape index (κ3) is 3.61. The molecule has 0 unspecified atom stereocenters. The Labute approximate surface area is 107 Å². The van der Waals surface area contributed by atoms with Crippen LogP contribution in [0.25, 0.3) is 0 Å². The van der Waals surface area contributed by atoms with Crippen molar-refractivity contribution in [2.45, 2.75) is 34.1 Å². The molecule has 0 spiro atoms. The van der Waals surface area contributed by atoms with Gasteiger partial charge in [-0.05, 0) is 19.8 Å². The summed E-state index contributed by atoms with van der Waals surface area (Å²) in [5, 5.41) is 2.73. The van der Waals surface area contributed by atoms with Crippen LogP contribution in [0.15, 0.2) is 6.20 Å². The molecule has 0 aliphatic heterocycles. The van der Waals surface area contributed by atoms with Gasteiger partial charge in [0.25, 0.3) is 0 Å². The van der Waals surface area contributed by atoms with E-state index in [2.05, 4.69) is 10.3 Å². The van der Waals surface area contributed by atoms with Crippen molar-refractivity contribution >= 4 is 17.6 Å². The molecule has 0 saturated carbocycles. The van der Waals surface area contributed by atoms with E-state index >= 15 is 0 Å². The highest BCUT2D eigenvalue weighted by atomic mass is 16.5. The number of nitrogens with one attached hydrogen (secondary N) is 2. The molecule has 0 fully saturated rings. The summed E-state index contributed by atoms with van der Waals surface area (Å²) in [5.41, 5.74) is 1.57. The molecule has 0 bridgehead atoms.